The Balaban J connectivity index is 1.47. The lowest BCUT2D eigenvalue weighted by atomic mass is 9.96. The quantitative estimate of drug-likeness (QED) is 0.646. The van der Waals surface area contributed by atoms with Gasteiger partial charge in [0.1, 0.15) is 5.82 Å². The fraction of sp³-hybridized carbons (Fsp3) is 0.435. The second kappa shape index (κ2) is 8.74. The molecule has 1 aliphatic rings. The van der Waals surface area contributed by atoms with Crippen molar-refractivity contribution in [2.75, 3.05) is 33.7 Å². The van der Waals surface area contributed by atoms with Gasteiger partial charge in [0.25, 0.3) is 5.91 Å². The Morgan fingerprint density at radius 3 is 2.97 bits per heavy atom. The van der Waals surface area contributed by atoms with E-state index in [9.17, 15) is 4.79 Å². The number of amides is 1. The molecule has 3 aromatic rings. The molecule has 1 saturated heterocycles. The predicted molar refractivity (Wildman–Crippen MR) is 115 cm³/mol. The van der Waals surface area contributed by atoms with Crippen molar-refractivity contribution in [3.05, 3.63) is 60.3 Å². The first-order valence-electron chi connectivity index (χ1n) is 10.4. The number of pyridine rings is 1. The van der Waals surface area contributed by atoms with Crippen molar-refractivity contribution in [1.29, 1.82) is 0 Å². The zero-order chi connectivity index (χ0) is 20.2. The van der Waals surface area contributed by atoms with Gasteiger partial charge in [-0.05, 0) is 58.1 Å². The fourth-order valence-corrected chi connectivity index (χ4v) is 4.18. The first-order chi connectivity index (χ1) is 14.1. The maximum absolute atomic E-state index is 13.2. The number of piperidine rings is 1. The molecule has 0 aliphatic carbocycles. The molecule has 0 unspecified atom stereocenters. The third kappa shape index (κ3) is 4.48. The molecular weight excluding hydrogens is 362 g/mol. The fourth-order valence-electron chi connectivity index (χ4n) is 4.18. The summed E-state index contributed by atoms with van der Waals surface area (Å²) in [7, 11) is 4.20. The molecule has 0 bridgehead atoms. The minimum Gasteiger partial charge on any atom is -0.338 e. The summed E-state index contributed by atoms with van der Waals surface area (Å²) in [5, 5.41) is 1.06. The topological polar surface area (TPSA) is 54.3 Å². The van der Waals surface area contributed by atoms with Gasteiger partial charge in [-0.3, -0.25) is 9.78 Å². The lowest BCUT2D eigenvalue weighted by molar-refractivity contribution is 0.0703. The number of rotatable bonds is 6. The van der Waals surface area contributed by atoms with Crippen LogP contribution in [0.4, 0.5) is 0 Å². The molecule has 2 aromatic heterocycles. The molecule has 3 heterocycles. The SMILES string of the molecule is CN(C)CCCn1ccnc1[C@H]1CCCN(C(=O)c2ccc3cccnc3c2)C1. The van der Waals surface area contributed by atoms with Crippen LogP contribution in [0.5, 0.6) is 0 Å². The van der Waals surface area contributed by atoms with Crippen LogP contribution in [0.2, 0.25) is 0 Å². The van der Waals surface area contributed by atoms with Gasteiger partial charge < -0.3 is 14.4 Å². The van der Waals surface area contributed by atoms with E-state index in [4.69, 9.17) is 0 Å². The van der Waals surface area contributed by atoms with E-state index in [1.807, 2.05) is 41.4 Å². The number of hydrogen-bond donors (Lipinski definition) is 0. The zero-order valence-electron chi connectivity index (χ0n) is 17.3. The lowest BCUT2D eigenvalue weighted by Crippen LogP contribution is -2.39. The van der Waals surface area contributed by atoms with Gasteiger partial charge in [0, 0.05) is 55.1 Å². The van der Waals surface area contributed by atoms with Crippen molar-refractivity contribution in [2.45, 2.75) is 31.7 Å². The third-order valence-corrected chi connectivity index (χ3v) is 5.68. The Morgan fingerprint density at radius 1 is 1.21 bits per heavy atom. The van der Waals surface area contributed by atoms with Gasteiger partial charge in [-0.25, -0.2) is 4.98 Å². The monoisotopic (exact) mass is 391 g/mol. The predicted octanol–water partition coefficient (Wildman–Crippen LogP) is 3.40. The van der Waals surface area contributed by atoms with Gasteiger partial charge in [-0.2, -0.15) is 0 Å². The van der Waals surface area contributed by atoms with Gasteiger partial charge in [-0.1, -0.05) is 12.1 Å². The minimum absolute atomic E-state index is 0.0907. The number of benzene rings is 1. The largest absolute Gasteiger partial charge is 0.338 e. The van der Waals surface area contributed by atoms with Crippen LogP contribution in [0.25, 0.3) is 10.9 Å². The molecule has 152 valence electrons. The van der Waals surface area contributed by atoms with Crippen LogP contribution >= 0.6 is 0 Å². The van der Waals surface area contributed by atoms with Crippen LogP contribution < -0.4 is 0 Å². The van der Waals surface area contributed by atoms with E-state index in [0.717, 1.165) is 62.2 Å². The Bertz CT molecular complexity index is 980. The number of aromatic nitrogens is 3. The van der Waals surface area contributed by atoms with Crippen LogP contribution in [0, 0.1) is 0 Å². The average molecular weight is 392 g/mol. The number of carbonyl (C=O) groups excluding carboxylic acids is 1. The number of nitrogens with zero attached hydrogens (tertiary/aromatic N) is 5. The van der Waals surface area contributed by atoms with Gasteiger partial charge in [-0.15, -0.1) is 0 Å². The van der Waals surface area contributed by atoms with Crippen LogP contribution in [0.3, 0.4) is 0 Å². The molecule has 0 N–H and O–H groups in total. The Labute approximate surface area is 172 Å². The molecule has 0 saturated carbocycles. The maximum Gasteiger partial charge on any atom is 0.253 e. The van der Waals surface area contributed by atoms with E-state index in [1.54, 1.807) is 6.20 Å². The number of fused-ring (bicyclic) bond motifs is 1. The highest BCUT2D eigenvalue weighted by molar-refractivity contribution is 5.97. The smallest absolute Gasteiger partial charge is 0.253 e. The van der Waals surface area contributed by atoms with Crippen LogP contribution in [-0.4, -0.2) is 64.0 Å². The Hall–Kier alpha value is -2.73. The molecule has 6 heteroatoms. The number of hydrogen-bond acceptors (Lipinski definition) is 4. The third-order valence-electron chi connectivity index (χ3n) is 5.68. The summed E-state index contributed by atoms with van der Waals surface area (Å²) in [6.45, 7) is 3.55. The van der Waals surface area contributed by atoms with Crippen molar-refractivity contribution in [3.63, 3.8) is 0 Å². The highest BCUT2D eigenvalue weighted by Crippen LogP contribution is 2.27. The average Bonchev–Trinajstić information content (AvgIpc) is 3.21. The molecular formula is C23H29N5O. The molecule has 1 fully saturated rings. The van der Waals surface area contributed by atoms with E-state index >= 15 is 0 Å². The van der Waals surface area contributed by atoms with Gasteiger partial charge in [0.05, 0.1) is 5.52 Å². The molecule has 1 atom stereocenters. The molecule has 1 aliphatic heterocycles. The van der Waals surface area contributed by atoms with Crippen molar-refractivity contribution in [1.82, 2.24) is 24.3 Å². The standard InChI is InChI=1S/C23H29N5O/c1-26(2)12-5-14-27-15-11-25-22(27)20-7-4-13-28(17-20)23(29)19-9-8-18-6-3-10-24-21(18)16-19/h3,6,8-11,15-16,20H,4-5,7,12-14,17H2,1-2H3/t20-/m0/s1. The van der Waals surface area contributed by atoms with Gasteiger partial charge in [0.15, 0.2) is 0 Å². The molecule has 0 radical (unpaired) electrons. The highest BCUT2D eigenvalue weighted by atomic mass is 16.2. The van der Waals surface area contributed by atoms with Crippen LogP contribution in [0.15, 0.2) is 48.9 Å². The van der Waals surface area contributed by atoms with E-state index in [0.29, 0.717) is 11.5 Å². The summed E-state index contributed by atoms with van der Waals surface area (Å²) < 4.78 is 2.27. The first-order valence-corrected chi connectivity index (χ1v) is 10.4. The second-order valence-electron chi connectivity index (χ2n) is 8.14. The maximum atomic E-state index is 13.2. The van der Waals surface area contributed by atoms with Crippen LogP contribution in [-0.2, 0) is 6.54 Å². The number of carbonyl (C=O) groups is 1. The number of aryl methyl sites for hydroxylation is 1. The summed E-state index contributed by atoms with van der Waals surface area (Å²) in [5.41, 5.74) is 1.58. The van der Waals surface area contributed by atoms with E-state index < -0.39 is 0 Å². The van der Waals surface area contributed by atoms with E-state index in [1.165, 1.54) is 0 Å². The summed E-state index contributed by atoms with van der Waals surface area (Å²) in [6.07, 6.45) is 8.90. The number of likely N-dealkylation sites (tertiary alicyclic amines) is 1. The van der Waals surface area contributed by atoms with Crippen LogP contribution in [0.1, 0.15) is 41.4 Å². The normalized spacial score (nSPS) is 17.2. The van der Waals surface area contributed by atoms with Crippen molar-refractivity contribution >= 4 is 16.8 Å². The van der Waals surface area contributed by atoms with Gasteiger partial charge >= 0.3 is 0 Å². The van der Waals surface area contributed by atoms with Crippen molar-refractivity contribution in [3.8, 4) is 0 Å². The molecule has 1 aromatic carbocycles. The van der Waals surface area contributed by atoms with Gasteiger partial charge in [0.2, 0.25) is 0 Å². The lowest BCUT2D eigenvalue weighted by Gasteiger charge is -2.33. The second-order valence-corrected chi connectivity index (χ2v) is 8.14. The molecule has 6 nitrogen and oxygen atoms in total. The first kappa shape index (κ1) is 19.6. The van der Waals surface area contributed by atoms with Crippen molar-refractivity contribution in [2.24, 2.45) is 0 Å². The summed E-state index contributed by atoms with van der Waals surface area (Å²) in [5.74, 6) is 1.50. The van der Waals surface area contributed by atoms with E-state index in [2.05, 4.69) is 39.7 Å². The van der Waals surface area contributed by atoms with Crippen molar-refractivity contribution < 1.29 is 4.79 Å². The summed E-state index contributed by atoms with van der Waals surface area (Å²) >= 11 is 0. The summed E-state index contributed by atoms with van der Waals surface area (Å²) in [4.78, 5) is 26.4. The number of imidazole rings is 1. The minimum atomic E-state index is 0.0907. The Kier molecular flexibility index (Phi) is 5.90. The Morgan fingerprint density at radius 2 is 2.10 bits per heavy atom. The summed E-state index contributed by atoms with van der Waals surface area (Å²) in [6, 6.07) is 9.74. The molecule has 29 heavy (non-hydrogen) atoms. The zero-order valence-corrected chi connectivity index (χ0v) is 17.3. The highest BCUT2D eigenvalue weighted by Gasteiger charge is 2.28. The molecule has 0 spiro atoms. The van der Waals surface area contributed by atoms with E-state index in [-0.39, 0.29) is 5.91 Å². The molecule has 1 amide bonds. The molecule has 4 rings (SSSR count).